The first kappa shape index (κ1) is 16.7. The Kier molecular flexibility index (Phi) is 5.12. The number of benzene rings is 1. The molecule has 1 amide bonds. The molecule has 1 aliphatic rings. The molecule has 0 aliphatic carbocycles. The van der Waals surface area contributed by atoms with E-state index in [-0.39, 0.29) is 17.0 Å². The van der Waals surface area contributed by atoms with Crippen molar-refractivity contribution in [3.63, 3.8) is 0 Å². The molecule has 23 heavy (non-hydrogen) atoms. The molecule has 0 aromatic heterocycles. The van der Waals surface area contributed by atoms with Crippen molar-refractivity contribution in [3.8, 4) is 5.75 Å². The van der Waals surface area contributed by atoms with Crippen LogP contribution in [0.5, 0.6) is 5.75 Å². The van der Waals surface area contributed by atoms with E-state index in [0.29, 0.717) is 26.2 Å². The molecule has 1 aromatic carbocycles. The zero-order chi connectivity index (χ0) is 17.0. The molecule has 0 N–H and O–H groups in total. The standard InChI is InChI=1S/C14H17N3O6/c1-15-5-7-16(8-6-15)14(19)23-12-9-10(17(20)21)3-4-11(12)13(18)22-2/h3-4,9H,5-8H2,1-2H3. The number of carbonyl (C=O) groups excluding carboxylic acids is 2. The lowest BCUT2D eigenvalue weighted by Gasteiger charge is -2.31. The van der Waals surface area contributed by atoms with Crippen LogP contribution in [0.4, 0.5) is 10.5 Å². The van der Waals surface area contributed by atoms with Crippen LogP contribution < -0.4 is 4.74 Å². The SMILES string of the molecule is COC(=O)c1ccc([N+](=O)[O-])cc1OC(=O)N1CCN(C)CC1. The number of nitro benzene ring substituents is 1. The molecule has 0 unspecified atom stereocenters. The van der Waals surface area contributed by atoms with Gasteiger partial charge >= 0.3 is 12.1 Å². The summed E-state index contributed by atoms with van der Waals surface area (Å²) in [6, 6.07) is 3.40. The van der Waals surface area contributed by atoms with Crippen LogP contribution in [0, 0.1) is 10.1 Å². The molecule has 0 radical (unpaired) electrons. The number of hydrogen-bond acceptors (Lipinski definition) is 7. The van der Waals surface area contributed by atoms with Crippen LogP contribution >= 0.6 is 0 Å². The molecule has 1 aromatic rings. The smallest absolute Gasteiger partial charge is 0.415 e. The van der Waals surface area contributed by atoms with Crippen LogP contribution in [0.15, 0.2) is 18.2 Å². The third-order valence-corrected chi connectivity index (χ3v) is 3.54. The summed E-state index contributed by atoms with van der Waals surface area (Å²) in [6.07, 6.45) is -0.649. The Morgan fingerprint density at radius 1 is 1.22 bits per heavy atom. The molecule has 2 rings (SSSR count). The number of amides is 1. The van der Waals surface area contributed by atoms with Crippen molar-refractivity contribution in [2.24, 2.45) is 0 Å². The van der Waals surface area contributed by atoms with Gasteiger partial charge in [0.15, 0.2) is 5.75 Å². The second kappa shape index (κ2) is 7.05. The van der Waals surface area contributed by atoms with Gasteiger partial charge in [-0.3, -0.25) is 10.1 Å². The largest absolute Gasteiger partial charge is 0.465 e. The third kappa shape index (κ3) is 3.95. The van der Waals surface area contributed by atoms with Gasteiger partial charge in [-0.15, -0.1) is 0 Å². The lowest BCUT2D eigenvalue weighted by atomic mass is 10.2. The summed E-state index contributed by atoms with van der Waals surface area (Å²) in [5.41, 5.74) is -0.320. The monoisotopic (exact) mass is 323 g/mol. The first-order chi connectivity index (χ1) is 10.9. The number of carbonyl (C=O) groups is 2. The van der Waals surface area contributed by atoms with E-state index in [2.05, 4.69) is 9.64 Å². The van der Waals surface area contributed by atoms with Crippen molar-refractivity contribution in [1.82, 2.24) is 9.80 Å². The molecule has 0 spiro atoms. The fraction of sp³-hybridized carbons (Fsp3) is 0.429. The highest BCUT2D eigenvalue weighted by Crippen LogP contribution is 2.26. The van der Waals surface area contributed by atoms with E-state index in [1.54, 1.807) is 0 Å². The van der Waals surface area contributed by atoms with Crippen LogP contribution in [-0.2, 0) is 4.74 Å². The molecule has 1 aliphatic heterocycles. The number of non-ortho nitro benzene ring substituents is 1. The molecule has 1 heterocycles. The van der Waals surface area contributed by atoms with Gasteiger partial charge < -0.3 is 19.3 Å². The number of hydrogen-bond donors (Lipinski definition) is 0. The second-order valence-electron chi connectivity index (χ2n) is 5.09. The van der Waals surface area contributed by atoms with Gasteiger partial charge in [0.25, 0.3) is 5.69 Å². The summed E-state index contributed by atoms with van der Waals surface area (Å²) in [5, 5.41) is 10.9. The number of rotatable bonds is 3. The maximum Gasteiger partial charge on any atom is 0.415 e. The van der Waals surface area contributed by atoms with Crippen LogP contribution in [0.2, 0.25) is 0 Å². The third-order valence-electron chi connectivity index (χ3n) is 3.54. The fourth-order valence-electron chi connectivity index (χ4n) is 2.14. The Labute approximate surface area is 132 Å². The van der Waals surface area contributed by atoms with Gasteiger partial charge in [-0.2, -0.15) is 0 Å². The van der Waals surface area contributed by atoms with E-state index in [0.717, 1.165) is 12.1 Å². The summed E-state index contributed by atoms with van der Waals surface area (Å²) in [7, 11) is 3.12. The summed E-state index contributed by atoms with van der Waals surface area (Å²) in [5.74, 6) is -0.920. The van der Waals surface area contributed by atoms with E-state index >= 15 is 0 Å². The van der Waals surface area contributed by atoms with Gasteiger partial charge in [0, 0.05) is 32.2 Å². The van der Waals surface area contributed by atoms with Crippen molar-refractivity contribution in [2.45, 2.75) is 0 Å². The highest BCUT2D eigenvalue weighted by molar-refractivity contribution is 5.93. The molecule has 124 valence electrons. The molecular formula is C14H17N3O6. The number of nitrogens with zero attached hydrogens (tertiary/aromatic N) is 3. The summed E-state index contributed by atoms with van der Waals surface area (Å²) >= 11 is 0. The molecule has 9 heteroatoms. The predicted octanol–water partition coefficient (Wildman–Crippen LogP) is 1.13. The molecule has 1 saturated heterocycles. The maximum atomic E-state index is 12.2. The first-order valence-electron chi connectivity index (χ1n) is 6.94. The number of likely N-dealkylation sites (N-methyl/N-ethyl adjacent to an activating group) is 1. The number of ether oxygens (including phenoxy) is 2. The number of methoxy groups -OCH3 is 1. The average Bonchev–Trinajstić information content (AvgIpc) is 2.54. The summed E-state index contributed by atoms with van der Waals surface area (Å²) in [6.45, 7) is 2.37. The Bertz CT molecular complexity index is 625. The van der Waals surface area contributed by atoms with Crippen molar-refractivity contribution < 1.29 is 24.0 Å². The Morgan fingerprint density at radius 2 is 1.87 bits per heavy atom. The molecule has 9 nitrogen and oxygen atoms in total. The van der Waals surface area contributed by atoms with Crippen LogP contribution in [0.1, 0.15) is 10.4 Å². The highest BCUT2D eigenvalue weighted by atomic mass is 16.6. The van der Waals surface area contributed by atoms with Gasteiger partial charge in [-0.1, -0.05) is 0 Å². The van der Waals surface area contributed by atoms with Crippen molar-refractivity contribution in [2.75, 3.05) is 40.3 Å². The highest BCUT2D eigenvalue weighted by Gasteiger charge is 2.24. The first-order valence-corrected chi connectivity index (χ1v) is 6.94. The quantitative estimate of drug-likeness (QED) is 0.466. The lowest BCUT2D eigenvalue weighted by molar-refractivity contribution is -0.384. The zero-order valence-corrected chi connectivity index (χ0v) is 12.9. The number of nitro groups is 1. The Balaban J connectivity index is 2.22. The predicted molar refractivity (Wildman–Crippen MR) is 79.5 cm³/mol. The van der Waals surface area contributed by atoms with E-state index < -0.39 is 17.0 Å². The van der Waals surface area contributed by atoms with Gasteiger partial charge in [0.05, 0.1) is 18.1 Å². The van der Waals surface area contributed by atoms with Crippen LogP contribution in [0.3, 0.4) is 0 Å². The molecule has 0 bridgehead atoms. The number of esters is 1. The molecule has 0 atom stereocenters. The van der Waals surface area contributed by atoms with Gasteiger partial charge in [0.2, 0.25) is 0 Å². The van der Waals surface area contributed by atoms with E-state index in [9.17, 15) is 19.7 Å². The van der Waals surface area contributed by atoms with Crippen molar-refractivity contribution in [3.05, 3.63) is 33.9 Å². The van der Waals surface area contributed by atoms with Crippen molar-refractivity contribution >= 4 is 17.7 Å². The minimum atomic E-state index is -0.735. The van der Waals surface area contributed by atoms with E-state index in [4.69, 9.17) is 4.74 Å². The average molecular weight is 323 g/mol. The molecule has 0 saturated carbocycles. The van der Waals surface area contributed by atoms with Gasteiger partial charge in [-0.25, -0.2) is 9.59 Å². The minimum Gasteiger partial charge on any atom is -0.465 e. The minimum absolute atomic E-state index is 0.0411. The second-order valence-corrected chi connectivity index (χ2v) is 5.09. The van der Waals surface area contributed by atoms with Crippen LogP contribution in [-0.4, -0.2) is 67.1 Å². The van der Waals surface area contributed by atoms with Gasteiger partial charge in [0.1, 0.15) is 5.56 Å². The normalized spacial score (nSPS) is 15.1. The van der Waals surface area contributed by atoms with E-state index in [1.165, 1.54) is 18.1 Å². The topological polar surface area (TPSA) is 102 Å². The Hall–Kier alpha value is -2.68. The molecule has 1 fully saturated rings. The number of piperazine rings is 1. The van der Waals surface area contributed by atoms with Crippen molar-refractivity contribution in [1.29, 1.82) is 0 Å². The Morgan fingerprint density at radius 3 is 2.43 bits per heavy atom. The lowest BCUT2D eigenvalue weighted by Crippen LogP contribution is -2.48. The van der Waals surface area contributed by atoms with Gasteiger partial charge in [-0.05, 0) is 13.1 Å². The summed E-state index contributed by atoms with van der Waals surface area (Å²) in [4.78, 5) is 37.7. The van der Waals surface area contributed by atoms with E-state index in [1.807, 2.05) is 7.05 Å². The summed E-state index contributed by atoms with van der Waals surface area (Å²) < 4.78 is 9.80. The van der Waals surface area contributed by atoms with Crippen LogP contribution in [0.25, 0.3) is 0 Å². The zero-order valence-electron chi connectivity index (χ0n) is 12.9. The maximum absolute atomic E-state index is 12.2. The fourth-order valence-corrected chi connectivity index (χ4v) is 2.14. The molecular weight excluding hydrogens is 306 g/mol.